The van der Waals surface area contributed by atoms with Gasteiger partial charge in [-0.2, -0.15) is 0 Å². The molecule has 23 heavy (non-hydrogen) atoms. The maximum Gasteiger partial charge on any atom is 1.00 e. The molecule has 1 saturated heterocycles. The van der Waals surface area contributed by atoms with Gasteiger partial charge in [0.05, 0.1) is 19.8 Å². The van der Waals surface area contributed by atoms with Gasteiger partial charge in [0.2, 0.25) is 10.4 Å². The molecule has 134 valence electrons. The summed E-state index contributed by atoms with van der Waals surface area (Å²) >= 11 is 0. The van der Waals surface area contributed by atoms with Gasteiger partial charge in [-0.05, 0) is 6.42 Å². The number of hydrogen-bond donors (Lipinski definition) is 0. The van der Waals surface area contributed by atoms with Crippen molar-refractivity contribution in [2.75, 3.05) is 19.8 Å². The van der Waals surface area contributed by atoms with E-state index in [-0.39, 0.29) is 36.2 Å². The Bertz CT molecular complexity index is 318. The van der Waals surface area contributed by atoms with Gasteiger partial charge in [0, 0.05) is 0 Å². The van der Waals surface area contributed by atoms with E-state index in [1.54, 1.807) is 0 Å². The van der Waals surface area contributed by atoms with Crippen molar-refractivity contribution in [2.24, 2.45) is 0 Å². The molecule has 1 fully saturated rings. The molecule has 1 aliphatic heterocycles. The summed E-state index contributed by atoms with van der Waals surface area (Å²) in [6.07, 6.45) is 14.5. The summed E-state index contributed by atoms with van der Waals surface area (Å²) in [5, 5.41) is 0. The van der Waals surface area contributed by atoms with Gasteiger partial charge < -0.3 is 9.29 Å². The molecule has 1 aliphatic rings. The molecule has 0 N–H and O–H groups in total. The van der Waals surface area contributed by atoms with Crippen LogP contribution in [0.25, 0.3) is 0 Å². The number of hydrogen-bond acceptors (Lipinski definition) is 5. The smallest absolute Gasteiger partial charge is 0.726 e. The number of rotatable bonds is 14. The molecular formula is C16H33NaO5S. The molecule has 0 aliphatic carbocycles. The van der Waals surface area contributed by atoms with Crippen molar-refractivity contribution in [3.05, 3.63) is 0 Å². The molecule has 0 saturated carbocycles. The first-order valence-electron chi connectivity index (χ1n) is 8.74. The van der Waals surface area contributed by atoms with Crippen molar-refractivity contribution in [3.8, 4) is 0 Å². The Morgan fingerprint density at radius 3 is 1.48 bits per heavy atom. The second-order valence-electron chi connectivity index (χ2n) is 5.73. The standard InChI is InChI=1S/C14H30O4S.C2H4O.Na/c1-2-3-4-5-6-7-8-9-10-11-12-13-14-18-19(15,16)17;1-2-3-1;/h2-14H2,1H3,(H,15,16,17);1-2H2;/q;;+1/p-1. The molecule has 5 nitrogen and oxygen atoms in total. The summed E-state index contributed by atoms with van der Waals surface area (Å²) in [6.45, 7) is 4.26. The summed E-state index contributed by atoms with van der Waals surface area (Å²) in [6, 6.07) is 0. The molecule has 0 radical (unpaired) electrons. The van der Waals surface area contributed by atoms with E-state index in [0.717, 1.165) is 26.1 Å². The van der Waals surface area contributed by atoms with E-state index in [1.165, 1.54) is 57.8 Å². The zero-order valence-electron chi connectivity index (χ0n) is 15.1. The minimum atomic E-state index is -4.49. The van der Waals surface area contributed by atoms with Crippen molar-refractivity contribution in [1.29, 1.82) is 0 Å². The molecule has 0 atom stereocenters. The summed E-state index contributed by atoms with van der Waals surface area (Å²) in [5.41, 5.74) is 0. The minimum absolute atomic E-state index is 0. The zero-order chi connectivity index (χ0) is 16.5. The van der Waals surface area contributed by atoms with E-state index < -0.39 is 10.4 Å². The maximum atomic E-state index is 10.2. The second kappa shape index (κ2) is 19.2. The van der Waals surface area contributed by atoms with Crippen LogP contribution in [0.5, 0.6) is 0 Å². The predicted octanol–water partition coefficient (Wildman–Crippen LogP) is 1.18. The zero-order valence-corrected chi connectivity index (χ0v) is 17.9. The second-order valence-corrected chi connectivity index (χ2v) is 6.78. The quantitative estimate of drug-likeness (QED) is 0.153. The SMILES string of the molecule is C1CO1.CCCCCCCCCCCCCCOS(=O)(=O)[O-].[Na+]. The monoisotopic (exact) mass is 360 g/mol. The molecule has 0 amide bonds. The Hall–Kier alpha value is 0.830. The van der Waals surface area contributed by atoms with Gasteiger partial charge in [-0.3, -0.25) is 4.18 Å². The van der Waals surface area contributed by atoms with Crippen LogP contribution in [0.15, 0.2) is 0 Å². The Labute approximate surface area is 165 Å². The van der Waals surface area contributed by atoms with Gasteiger partial charge in [0.1, 0.15) is 0 Å². The minimum Gasteiger partial charge on any atom is -0.726 e. The van der Waals surface area contributed by atoms with Gasteiger partial charge in [-0.15, -0.1) is 0 Å². The van der Waals surface area contributed by atoms with E-state index in [2.05, 4.69) is 15.8 Å². The molecule has 0 unspecified atom stereocenters. The third-order valence-electron chi connectivity index (χ3n) is 3.43. The van der Waals surface area contributed by atoms with Gasteiger partial charge in [-0.1, -0.05) is 77.6 Å². The van der Waals surface area contributed by atoms with E-state index in [9.17, 15) is 13.0 Å². The first kappa shape index (κ1) is 26.1. The third kappa shape index (κ3) is 31.2. The molecular weight excluding hydrogens is 327 g/mol. The average molecular weight is 360 g/mol. The van der Waals surface area contributed by atoms with E-state index >= 15 is 0 Å². The Kier molecular flexibility index (Phi) is 21.7. The van der Waals surface area contributed by atoms with Crippen LogP contribution in [0, 0.1) is 0 Å². The molecule has 0 aromatic rings. The largest absolute Gasteiger partial charge is 1.00 e. The average Bonchev–Trinajstić information content (AvgIpc) is 3.31. The Morgan fingerprint density at radius 1 is 0.826 bits per heavy atom. The van der Waals surface area contributed by atoms with Gasteiger partial charge in [-0.25, -0.2) is 8.42 Å². The van der Waals surface area contributed by atoms with Crippen molar-refractivity contribution in [3.63, 3.8) is 0 Å². The van der Waals surface area contributed by atoms with Gasteiger partial charge >= 0.3 is 29.6 Å². The summed E-state index contributed by atoms with van der Waals surface area (Å²) in [4.78, 5) is 0. The predicted molar refractivity (Wildman–Crippen MR) is 87.5 cm³/mol. The van der Waals surface area contributed by atoms with Crippen LogP contribution < -0.4 is 29.6 Å². The third-order valence-corrected chi connectivity index (χ3v) is 3.89. The molecule has 7 heteroatoms. The van der Waals surface area contributed by atoms with Crippen LogP contribution in [-0.2, 0) is 19.3 Å². The Balaban J connectivity index is 0. The molecule has 0 aromatic carbocycles. The summed E-state index contributed by atoms with van der Waals surface area (Å²) < 4.78 is 39.1. The van der Waals surface area contributed by atoms with E-state index in [4.69, 9.17) is 0 Å². The van der Waals surface area contributed by atoms with Crippen molar-refractivity contribution < 1.29 is 51.4 Å². The number of unbranched alkanes of at least 4 members (excludes halogenated alkanes) is 11. The van der Waals surface area contributed by atoms with Crippen LogP contribution in [0.2, 0.25) is 0 Å². The van der Waals surface area contributed by atoms with Crippen LogP contribution in [0.1, 0.15) is 84.0 Å². The van der Waals surface area contributed by atoms with E-state index in [1.807, 2.05) is 0 Å². The van der Waals surface area contributed by atoms with Crippen molar-refractivity contribution >= 4 is 10.4 Å². The Morgan fingerprint density at radius 2 is 1.17 bits per heavy atom. The molecule has 1 rings (SSSR count). The van der Waals surface area contributed by atoms with Crippen LogP contribution >= 0.6 is 0 Å². The molecule has 0 bridgehead atoms. The fourth-order valence-corrected chi connectivity index (χ4v) is 2.43. The van der Waals surface area contributed by atoms with E-state index in [0.29, 0.717) is 6.42 Å². The topological polar surface area (TPSA) is 79.0 Å². The van der Waals surface area contributed by atoms with Gasteiger partial charge in [0.15, 0.2) is 0 Å². The summed E-state index contributed by atoms with van der Waals surface area (Å²) in [7, 11) is -4.49. The van der Waals surface area contributed by atoms with Crippen molar-refractivity contribution in [1.82, 2.24) is 0 Å². The first-order chi connectivity index (χ1) is 10.6. The molecule has 0 spiro atoms. The normalized spacial score (nSPS) is 13.0. The number of ether oxygens (including phenoxy) is 1. The molecule has 1 heterocycles. The fourth-order valence-electron chi connectivity index (χ4n) is 2.10. The molecule has 0 aromatic heterocycles. The maximum absolute atomic E-state index is 10.2. The number of epoxide rings is 1. The van der Waals surface area contributed by atoms with Crippen LogP contribution in [0.3, 0.4) is 0 Å². The van der Waals surface area contributed by atoms with Crippen LogP contribution in [0.4, 0.5) is 0 Å². The van der Waals surface area contributed by atoms with Gasteiger partial charge in [0.25, 0.3) is 0 Å². The summed E-state index contributed by atoms with van der Waals surface area (Å²) in [5.74, 6) is 0. The first-order valence-corrected chi connectivity index (χ1v) is 10.1. The van der Waals surface area contributed by atoms with Crippen molar-refractivity contribution in [2.45, 2.75) is 84.0 Å². The fraction of sp³-hybridized carbons (Fsp3) is 1.00. The van der Waals surface area contributed by atoms with Crippen LogP contribution in [-0.4, -0.2) is 32.8 Å².